The van der Waals surface area contributed by atoms with Crippen molar-refractivity contribution in [2.75, 3.05) is 0 Å². The largest absolute Gasteiger partial charge is 0.478 e. The Balaban J connectivity index is 1.89. The van der Waals surface area contributed by atoms with Crippen LogP contribution in [0.2, 0.25) is 0 Å². The molecule has 0 amide bonds. The van der Waals surface area contributed by atoms with Crippen molar-refractivity contribution in [3.63, 3.8) is 0 Å². The fraction of sp³-hybridized carbons (Fsp3) is 0. The van der Waals surface area contributed by atoms with Crippen molar-refractivity contribution in [2.24, 2.45) is 0 Å². The maximum atomic E-state index is 11.8. The molecule has 5 aromatic rings. The first-order valence-corrected chi connectivity index (χ1v) is 8.81. The van der Waals surface area contributed by atoms with Gasteiger partial charge in [-0.3, -0.25) is 0 Å². The van der Waals surface area contributed by atoms with Gasteiger partial charge in [-0.25, -0.2) is 9.59 Å². The fourth-order valence-corrected chi connectivity index (χ4v) is 3.93. The molecule has 4 heteroatoms. The SMILES string of the molecule is O=C(O)c1ccc2cc3cc4cc5ccccc5cc4cc3cc2c1C(=O)O. The van der Waals surface area contributed by atoms with E-state index >= 15 is 0 Å². The first kappa shape index (κ1) is 16.3. The molecule has 4 nitrogen and oxygen atoms in total. The summed E-state index contributed by atoms with van der Waals surface area (Å²) in [6.07, 6.45) is 0. The van der Waals surface area contributed by atoms with E-state index in [0.29, 0.717) is 10.8 Å². The van der Waals surface area contributed by atoms with Crippen molar-refractivity contribution in [2.45, 2.75) is 0 Å². The molecule has 0 aliphatic carbocycles. The Hall–Kier alpha value is -3.92. The number of aromatic carboxylic acids is 2. The summed E-state index contributed by atoms with van der Waals surface area (Å²) in [7, 11) is 0. The topological polar surface area (TPSA) is 74.6 Å². The second kappa shape index (κ2) is 5.79. The van der Waals surface area contributed by atoms with Crippen molar-refractivity contribution >= 4 is 55.0 Å². The molecule has 0 spiro atoms. The van der Waals surface area contributed by atoms with Crippen LogP contribution in [0.1, 0.15) is 20.7 Å². The number of rotatable bonds is 2. The van der Waals surface area contributed by atoms with Crippen LogP contribution < -0.4 is 0 Å². The minimum absolute atomic E-state index is 0.175. The van der Waals surface area contributed by atoms with Crippen molar-refractivity contribution < 1.29 is 19.8 Å². The molecule has 5 rings (SSSR count). The molecule has 0 bridgehead atoms. The third-order valence-corrected chi connectivity index (χ3v) is 5.24. The Morgan fingerprint density at radius 1 is 0.536 bits per heavy atom. The number of benzene rings is 5. The van der Waals surface area contributed by atoms with E-state index in [4.69, 9.17) is 0 Å². The van der Waals surface area contributed by atoms with Crippen LogP contribution in [-0.2, 0) is 0 Å². The maximum Gasteiger partial charge on any atom is 0.337 e. The summed E-state index contributed by atoms with van der Waals surface area (Å²) in [6.45, 7) is 0. The predicted molar refractivity (Wildman–Crippen MR) is 110 cm³/mol. The lowest BCUT2D eigenvalue weighted by Crippen LogP contribution is -2.08. The lowest BCUT2D eigenvalue weighted by atomic mass is 9.94. The van der Waals surface area contributed by atoms with E-state index in [2.05, 4.69) is 30.3 Å². The summed E-state index contributed by atoms with van der Waals surface area (Å²) in [5.74, 6) is -2.49. The molecule has 0 heterocycles. The second-order valence-electron chi connectivity index (χ2n) is 6.92. The minimum Gasteiger partial charge on any atom is -0.478 e. The number of carbonyl (C=O) groups is 2. The first-order valence-electron chi connectivity index (χ1n) is 8.81. The van der Waals surface area contributed by atoms with E-state index in [0.717, 1.165) is 32.3 Å². The molecule has 0 aromatic heterocycles. The molecule has 0 atom stereocenters. The van der Waals surface area contributed by atoms with Gasteiger partial charge in [0, 0.05) is 0 Å². The molecule has 2 N–H and O–H groups in total. The average Bonchev–Trinajstić information content (AvgIpc) is 2.67. The molecule has 0 aliphatic heterocycles. The van der Waals surface area contributed by atoms with Gasteiger partial charge >= 0.3 is 11.9 Å². The highest BCUT2D eigenvalue weighted by Crippen LogP contribution is 2.32. The Morgan fingerprint density at radius 2 is 1.04 bits per heavy atom. The van der Waals surface area contributed by atoms with E-state index in [9.17, 15) is 19.8 Å². The van der Waals surface area contributed by atoms with Gasteiger partial charge in [0.05, 0.1) is 11.1 Å². The third kappa shape index (κ3) is 2.39. The van der Waals surface area contributed by atoms with Gasteiger partial charge in [-0.1, -0.05) is 30.3 Å². The highest BCUT2D eigenvalue weighted by Gasteiger charge is 2.19. The first-order chi connectivity index (χ1) is 13.5. The van der Waals surface area contributed by atoms with Gasteiger partial charge in [-0.15, -0.1) is 0 Å². The van der Waals surface area contributed by atoms with Crippen molar-refractivity contribution in [3.8, 4) is 0 Å². The van der Waals surface area contributed by atoms with Gasteiger partial charge in [0.1, 0.15) is 0 Å². The normalized spacial score (nSPS) is 11.4. The third-order valence-electron chi connectivity index (χ3n) is 5.24. The van der Waals surface area contributed by atoms with Crippen LogP contribution in [0, 0.1) is 0 Å². The molecule has 5 aromatic carbocycles. The lowest BCUT2D eigenvalue weighted by molar-refractivity contribution is 0.0653. The van der Waals surface area contributed by atoms with Gasteiger partial charge in [-0.2, -0.15) is 0 Å². The molecule has 0 saturated heterocycles. The molecular weight excluding hydrogens is 352 g/mol. The van der Waals surface area contributed by atoms with Crippen molar-refractivity contribution in [3.05, 3.63) is 83.9 Å². The molecule has 0 aliphatic rings. The summed E-state index contributed by atoms with van der Waals surface area (Å²) in [6, 6.07) is 23.2. The zero-order valence-corrected chi connectivity index (χ0v) is 14.6. The van der Waals surface area contributed by atoms with Crippen LogP contribution in [0.4, 0.5) is 0 Å². The van der Waals surface area contributed by atoms with E-state index in [1.165, 1.54) is 6.07 Å². The summed E-state index contributed by atoms with van der Waals surface area (Å²) < 4.78 is 0. The predicted octanol–water partition coefficient (Wildman–Crippen LogP) is 5.70. The van der Waals surface area contributed by atoms with E-state index in [-0.39, 0.29) is 11.1 Å². The van der Waals surface area contributed by atoms with Gasteiger partial charge in [-0.05, 0) is 85.6 Å². The van der Waals surface area contributed by atoms with Gasteiger partial charge in [0.2, 0.25) is 0 Å². The minimum atomic E-state index is -1.25. The molecule has 0 fully saturated rings. The van der Waals surface area contributed by atoms with E-state index < -0.39 is 11.9 Å². The van der Waals surface area contributed by atoms with Crippen LogP contribution in [0.15, 0.2) is 72.8 Å². The van der Waals surface area contributed by atoms with Crippen LogP contribution in [0.3, 0.4) is 0 Å². The second-order valence-corrected chi connectivity index (χ2v) is 6.92. The summed E-state index contributed by atoms with van der Waals surface area (Å²) in [4.78, 5) is 23.2. The number of carboxylic acids is 2. The zero-order valence-electron chi connectivity index (χ0n) is 14.6. The van der Waals surface area contributed by atoms with Gasteiger partial charge in [0.15, 0.2) is 0 Å². The average molecular weight is 366 g/mol. The lowest BCUT2D eigenvalue weighted by Gasteiger charge is -2.10. The summed E-state index contributed by atoms with van der Waals surface area (Å²) in [5.41, 5.74) is -0.378. The Bertz CT molecular complexity index is 1460. The molecule has 134 valence electrons. The molecule has 28 heavy (non-hydrogen) atoms. The standard InChI is InChI=1S/C24H14O4/c25-23(26)20-6-5-15-9-18-10-16-7-13-3-1-2-4-14(13)8-17(16)11-19(18)12-21(15)22(20)24(27)28/h1-12H,(H,25,26)(H,27,28). The van der Waals surface area contributed by atoms with Crippen LogP contribution in [0.25, 0.3) is 43.1 Å². The Kier molecular flexibility index (Phi) is 3.36. The number of hydrogen-bond acceptors (Lipinski definition) is 2. The van der Waals surface area contributed by atoms with E-state index in [1.807, 2.05) is 24.3 Å². The summed E-state index contributed by atoms with van der Waals surface area (Å²) in [5, 5.41) is 26.4. The van der Waals surface area contributed by atoms with Crippen LogP contribution in [0.5, 0.6) is 0 Å². The highest BCUT2D eigenvalue weighted by molar-refractivity contribution is 6.15. The highest BCUT2D eigenvalue weighted by atomic mass is 16.4. The monoisotopic (exact) mass is 366 g/mol. The van der Waals surface area contributed by atoms with Crippen LogP contribution >= 0.6 is 0 Å². The molecule has 0 saturated carbocycles. The summed E-state index contributed by atoms with van der Waals surface area (Å²) >= 11 is 0. The maximum absolute atomic E-state index is 11.8. The Labute approximate surface area is 159 Å². The molecule has 0 unspecified atom stereocenters. The van der Waals surface area contributed by atoms with E-state index in [1.54, 1.807) is 12.1 Å². The number of fused-ring (bicyclic) bond motifs is 4. The number of carboxylic acid groups (broad SMARTS) is 2. The van der Waals surface area contributed by atoms with Crippen molar-refractivity contribution in [1.29, 1.82) is 0 Å². The zero-order chi connectivity index (χ0) is 19.4. The van der Waals surface area contributed by atoms with Gasteiger partial charge in [0.25, 0.3) is 0 Å². The quantitative estimate of drug-likeness (QED) is 0.393. The molecule has 0 radical (unpaired) electrons. The molecular formula is C24H14O4. The smallest absolute Gasteiger partial charge is 0.337 e. The number of hydrogen-bond donors (Lipinski definition) is 2. The van der Waals surface area contributed by atoms with Crippen molar-refractivity contribution in [1.82, 2.24) is 0 Å². The van der Waals surface area contributed by atoms with Crippen LogP contribution in [-0.4, -0.2) is 22.2 Å². The Morgan fingerprint density at radius 3 is 1.57 bits per heavy atom. The van der Waals surface area contributed by atoms with Gasteiger partial charge < -0.3 is 10.2 Å². The fourth-order valence-electron chi connectivity index (χ4n) is 3.93.